The van der Waals surface area contributed by atoms with Gasteiger partial charge in [0, 0.05) is 7.11 Å². The summed E-state index contributed by atoms with van der Waals surface area (Å²) < 4.78 is 0. The zero-order chi connectivity index (χ0) is 7.82. The van der Waals surface area contributed by atoms with Crippen LogP contribution in [-0.4, -0.2) is 12.2 Å². The van der Waals surface area contributed by atoms with Crippen LogP contribution in [0.4, 0.5) is 0 Å². The molecule has 0 bridgehead atoms. The van der Waals surface area contributed by atoms with E-state index in [1.807, 2.05) is 0 Å². The summed E-state index contributed by atoms with van der Waals surface area (Å²) in [5.74, 6) is 0. The molecule has 0 aliphatic heterocycles. The first-order valence-electron chi connectivity index (χ1n) is 3.34. The SMILES string of the molecule is CC1=CCC=CC=C1.CO. The highest BCUT2D eigenvalue weighted by molar-refractivity contribution is 5.24. The molecule has 0 amide bonds. The number of allylic oxidation sites excluding steroid dienone is 6. The van der Waals surface area contributed by atoms with Crippen LogP contribution in [0.1, 0.15) is 13.3 Å². The van der Waals surface area contributed by atoms with Gasteiger partial charge in [-0.1, -0.05) is 36.0 Å². The first-order chi connectivity index (χ1) is 4.89. The Labute approximate surface area is 62.4 Å². The van der Waals surface area contributed by atoms with Gasteiger partial charge in [-0.2, -0.15) is 0 Å². The molecule has 0 aromatic rings. The molecule has 10 heavy (non-hydrogen) atoms. The number of aliphatic hydroxyl groups excluding tert-OH is 1. The number of rotatable bonds is 0. The van der Waals surface area contributed by atoms with Gasteiger partial charge in [-0.25, -0.2) is 0 Å². The Bertz CT molecular complexity index is 149. The largest absolute Gasteiger partial charge is 0.400 e. The molecule has 0 fully saturated rings. The molecule has 1 N–H and O–H groups in total. The molecule has 56 valence electrons. The molecule has 1 rings (SSSR count). The summed E-state index contributed by atoms with van der Waals surface area (Å²) in [4.78, 5) is 0. The minimum atomic E-state index is 1.00. The smallest absolute Gasteiger partial charge is 0.0319 e. The second-order valence-corrected chi connectivity index (χ2v) is 1.97. The van der Waals surface area contributed by atoms with Gasteiger partial charge in [0.25, 0.3) is 0 Å². The molecule has 0 saturated carbocycles. The topological polar surface area (TPSA) is 20.2 Å². The molecular formula is C9H14O. The Morgan fingerprint density at radius 1 is 1.30 bits per heavy atom. The van der Waals surface area contributed by atoms with Gasteiger partial charge in [-0.15, -0.1) is 0 Å². The lowest BCUT2D eigenvalue weighted by Crippen LogP contribution is -1.62. The van der Waals surface area contributed by atoms with Crippen molar-refractivity contribution in [2.45, 2.75) is 13.3 Å². The quantitative estimate of drug-likeness (QED) is 0.543. The lowest BCUT2D eigenvalue weighted by atomic mass is 10.2. The molecule has 1 aliphatic rings. The highest BCUT2D eigenvalue weighted by atomic mass is 16.2. The maximum atomic E-state index is 7.00. The van der Waals surface area contributed by atoms with Crippen LogP contribution in [-0.2, 0) is 0 Å². The van der Waals surface area contributed by atoms with E-state index in [1.54, 1.807) is 0 Å². The first-order valence-corrected chi connectivity index (χ1v) is 3.34. The second kappa shape index (κ2) is 6.30. The molecule has 0 heterocycles. The van der Waals surface area contributed by atoms with E-state index in [9.17, 15) is 0 Å². The summed E-state index contributed by atoms with van der Waals surface area (Å²) in [6.45, 7) is 2.11. The van der Waals surface area contributed by atoms with E-state index >= 15 is 0 Å². The highest BCUT2D eigenvalue weighted by Gasteiger charge is 1.81. The van der Waals surface area contributed by atoms with E-state index in [0.717, 1.165) is 13.5 Å². The van der Waals surface area contributed by atoms with E-state index < -0.39 is 0 Å². The van der Waals surface area contributed by atoms with Crippen molar-refractivity contribution in [3.8, 4) is 0 Å². The molecule has 0 aromatic carbocycles. The molecule has 0 unspecified atom stereocenters. The zero-order valence-electron chi connectivity index (χ0n) is 6.54. The number of aliphatic hydroxyl groups is 1. The Kier molecular flexibility index (Phi) is 5.79. The highest BCUT2D eigenvalue weighted by Crippen LogP contribution is 2.01. The average Bonchev–Trinajstić information content (AvgIpc) is 2.21. The molecule has 1 heteroatoms. The average molecular weight is 138 g/mol. The van der Waals surface area contributed by atoms with Crippen LogP contribution in [0, 0.1) is 0 Å². The van der Waals surface area contributed by atoms with E-state index in [4.69, 9.17) is 5.11 Å². The summed E-state index contributed by atoms with van der Waals surface area (Å²) >= 11 is 0. The minimum Gasteiger partial charge on any atom is -0.400 e. The first kappa shape index (κ1) is 9.18. The lowest BCUT2D eigenvalue weighted by molar-refractivity contribution is 0.399. The van der Waals surface area contributed by atoms with E-state index in [-0.39, 0.29) is 0 Å². The lowest BCUT2D eigenvalue weighted by Gasteiger charge is -1.82. The fourth-order valence-corrected chi connectivity index (χ4v) is 0.686. The van der Waals surface area contributed by atoms with Crippen LogP contribution >= 0.6 is 0 Å². The Morgan fingerprint density at radius 3 is 2.70 bits per heavy atom. The Balaban J connectivity index is 0.000000371. The van der Waals surface area contributed by atoms with Crippen LogP contribution in [0.3, 0.4) is 0 Å². The maximum Gasteiger partial charge on any atom is 0.0319 e. The van der Waals surface area contributed by atoms with Crippen molar-refractivity contribution in [2.75, 3.05) is 7.11 Å². The zero-order valence-corrected chi connectivity index (χ0v) is 6.54. The van der Waals surface area contributed by atoms with Gasteiger partial charge in [0.15, 0.2) is 0 Å². The van der Waals surface area contributed by atoms with Gasteiger partial charge < -0.3 is 5.11 Å². The summed E-state index contributed by atoms with van der Waals surface area (Å²) in [6, 6.07) is 0. The molecular weight excluding hydrogens is 124 g/mol. The summed E-state index contributed by atoms with van der Waals surface area (Å²) in [7, 11) is 1.00. The number of hydrogen-bond donors (Lipinski definition) is 1. The van der Waals surface area contributed by atoms with Crippen LogP contribution in [0.15, 0.2) is 36.0 Å². The van der Waals surface area contributed by atoms with Gasteiger partial charge in [-0.05, 0) is 13.3 Å². The van der Waals surface area contributed by atoms with Crippen molar-refractivity contribution in [3.05, 3.63) is 36.0 Å². The van der Waals surface area contributed by atoms with E-state index in [2.05, 4.69) is 37.3 Å². The second-order valence-electron chi connectivity index (χ2n) is 1.97. The molecule has 0 aromatic heterocycles. The standard InChI is InChI=1S/C8H10.CH4O/c1-8-6-4-2-3-5-7-8;1-2/h2-4,6-7H,5H2,1H3;2H,1H3. The molecule has 1 aliphatic carbocycles. The van der Waals surface area contributed by atoms with Crippen molar-refractivity contribution in [1.82, 2.24) is 0 Å². The van der Waals surface area contributed by atoms with Crippen LogP contribution in [0.2, 0.25) is 0 Å². The van der Waals surface area contributed by atoms with Gasteiger partial charge >= 0.3 is 0 Å². The Hall–Kier alpha value is -0.820. The van der Waals surface area contributed by atoms with Crippen molar-refractivity contribution in [2.24, 2.45) is 0 Å². The van der Waals surface area contributed by atoms with Gasteiger partial charge in [-0.3, -0.25) is 0 Å². The molecule has 0 radical (unpaired) electrons. The number of hydrogen-bond acceptors (Lipinski definition) is 1. The van der Waals surface area contributed by atoms with Crippen molar-refractivity contribution in [3.63, 3.8) is 0 Å². The maximum absolute atomic E-state index is 7.00. The van der Waals surface area contributed by atoms with Gasteiger partial charge in [0.2, 0.25) is 0 Å². The monoisotopic (exact) mass is 138 g/mol. The van der Waals surface area contributed by atoms with Crippen LogP contribution < -0.4 is 0 Å². The third-order valence-corrected chi connectivity index (χ3v) is 1.18. The van der Waals surface area contributed by atoms with Crippen LogP contribution in [0.5, 0.6) is 0 Å². The van der Waals surface area contributed by atoms with Gasteiger partial charge in [0.1, 0.15) is 0 Å². The van der Waals surface area contributed by atoms with E-state index in [0.29, 0.717) is 0 Å². The molecule has 0 saturated heterocycles. The van der Waals surface area contributed by atoms with E-state index in [1.165, 1.54) is 5.57 Å². The molecule has 0 atom stereocenters. The summed E-state index contributed by atoms with van der Waals surface area (Å²) in [6.07, 6.45) is 11.7. The summed E-state index contributed by atoms with van der Waals surface area (Å²) in [5.41, 5.74) is 1.36. The van der Waals surface area contributed by atoms with Gasteiger partial charge in [0.05, 0.1) is 0 Å². The van der Waals surface area contributed by atoms with Crippen molar-refractivity contribution >= 4 is 0 Å². The van der Waals surface area contributed by atoms with Crippen LogP contribution in [0.25, 0.3) is 0 Å². The normalized spacial score (nSPS) is 14.9. The third-order valence-electron chi connectivity index (χ3n) is 1.18. The fourth-order valence-electron chi connectivity index (χ4n) is 0.686. The molecule has 0 spiro atoms. The fraction of sp³-hybridized carbons (Fsp3) is 0.333. The predicted molar refractivity (Wildman–Crippen MR) is 44.8 cm³/mol. The third kappa shape index (κ3) is 4.10. The molecule has 1 nitrogen and oxygen atoms in total. The Morgan fingerprint density at radius 2 is 2.00 bits per heavy atom. The predicted octanol–water partition coefficient (Wildman–Crippen LogP) is 2.06. The van der Waals surface area contributed by atoms with Crippen molar-refractivity contribution in [1.29, 1.82) is 0 Å². The minimum absolute atomic E-state index is 1.00. The summed E-state index contributed by atoms with van der Waals surface area (Å²) in [5, 5.41) is 7.00. The van der Waals surface area contributed by atoms with Crippen molar-refractivity contribution < 1.29 is 5.11 Å².